The summed E-state index contributed by atoms with van der Waals surface area (Å²) < 4.78 is 0. The van der Waals surface area contributed by atoms with Crippen LogP contribution in [0.5, 0.6) is 0 Å². The molecule has 0 aliphatic heterocycles. The van der Waals surface area contributed by atoms with Gasteiger partial charge in [0.05, 0.1) is 0 Å². The first-order chi connectivity index (χ1) is 1.91. The van der Waals surface area contributed by atoms with Crippen molar-refractivity contribution in [3.63, 3.8) is 0 Å². The van der Waals surface area contributed by atoms with E-state index in [-0.39, 0.29) is 46.7 Å². The number of rotatable bonds is 1. The molecule has 0 amide bonds. The Hall–Kier alpha value is 1.06. The van der Waals surface area contributed by atoms with Crippen LogP contribution < -0.4 is 0 Å². The summed E-state index contributed by atoms with van der Waals surface area (Å²) in [6, 6.07) is 0. The Morgan fingerprint density at radius 3 is 1.83 bits per heavy atom. The third kappa shape index (κ3) is 19.6. The van der Waals surface area contributed by atoms with Gasteiger partial charge in [-0.2, -0.15) is 6.92 Å². The smallest absolute Gasteiger partial charge is 0 e. The van der Waals surface area contributed by atoms with E-state index >= 15 is 0 Å². The van der Waals surface area contributed by atoms with Crippen LogP contribution in [0.2, 0.25) is 0 Å². The van der Waals surface area contributed by atoms with E-state index in [0.29, 0.717) is 0 Å². The van der Waals surface area contributed by atoms with Crippen LogP contribution in [-0.4, -0.2) is 11.7 Å². The van der Waals surface area contributed by atoms with Crippen LogP contribution in [-0.2, 0) is 32.7 Å². The van der Waals surface area contributed by atoms with Gasteiger partial charge in [-0.05, 0) is 0 Å². The van der Waals surface area contributed by atoms with E-state index < -0.39 is 0 Å². The van der Waals surface area contributed by atoms with Crippen LogP contribution in [0, 0.1) is 13.8 Å². The number of hydrogen-bond acceptors (Lipinski definition) is 1. The van der Waals surface area contributed by atoms with Gasteiger partial charge in [0.15, 0.2) is 0 Å². The first kappa shape index (κ1) is 15.7. The molecule has 0 rings (SSSR count). The molecule has 0 aromatic heterocycles. The number of aliphatic hydroxyl groups excluding tert-OH is 1. The number of aliphatic hydroxyl groups is 1. The molecule has 1 radical (unpaired) electrons. The van der Waals surface area contributed by atoms with Crippen molar-refractivity contribution in [1.82, 2.24) is 0 Å². The van der Waals surface area contributed by atoms with Crippen LogP contribution in [0.25, 0.3) is 0 Å². The fraction of sp³-hybridized carbons (Fsp3) is 0.500. The molecule has 0 saturated heterocycles. The van der Waals surface area contributed by atoms with E-state index in [1.165, 1.54) is 0 Å². The van der Waals surface area contributed by atoms with Crippen molar-refractivity contribution < 1.29 is 37.8 Å². The maximum atomic E-state index is 7.82. The van der Waals surface area contributed by atoms with E-state index in [2.05, 4.69) is 0 Å². The maximum Gasteiger partial charge on any atom is 0 e. The Labute approximate surface area is 65.0 Å². The topological polar surface area (TPSA) is 20.2 Å². The van der Waals surface area contributed by atoms with Gasteiger partial charge in [0.25, 0.3) is 0 Å². The maximum absolute atomic E-state index is 7.82. The van der Waals surface area contributed by atoms with Crippen LogP contribution in [0.3, 0.4) is 0 Å². The zero-order valence-electron chi connectivity index (χ0n) is 4.31. The van der Waals surface area contributed by atoms with Crippen LogP contribution in [0.15, 0.2) is 0 Å². The molecular weight excluding hydrogens is 153 g/mol. The average molecular weight is 163 g/mol. The minimum Gasteiger partial charge on any atom is -0.428 e. The van der Waals surface area contributed by atoms with Crippen LogP contribution in [0.4, 0.5) is 0 Å². The van der Waals surface area contributed by atoms with E-state index in [1.807, 2.05) is 0 Å². The SMILES string of the molecule is C[CH-]CO.[CH3-].[Y]. The molecule has 1 nitrogen and oxygen atoms in total. The van der Waals surface area contributed by atoms with Crippen molar-refractivity contribution >= 4 is 0 Å². The molecule has 0 saturated carbocycles. The molecule has 0 spiro atoms. The Balaban J connectivity index is -0.0000000450. The van der Waals surface area contributed by atoms with Gasteiger partial charge in [-0.1, -0.05) is 6.61 Å². The Morgan fingerprint density at radius 1 is 1.67 bits per heavy atom. The van der Waals surface area contributed by atoms with Gasteiger partial charge < -0.3 is 19.0 Å². The summed E-state index contributed by atoms with van der Waals surface area (Å²) in [4.78, 5) is 0. The van der Waals surface area contributed by atoms with E-state index in [4.69, 9.17) is 5.11 Å². The minimum absolute atomic E-state index is 0. The van der Waals surface area contributed by atoms with Crippen LogP contribution in [0.1, 0.15) is 6.92 Å². The van der Waals surface area contributed by atoms with Crippen LogP contribution >= 0.6 is 0 Å². The third-order valence-electron chi connectivity index (χ3n) is 0.183. The number of hydrogen-bond donors (Lipinski definition) is 1. The first-order valence-corrected chi connectivity index (χ1v) is 1.30. The zero-order valence-corrected chi connectivity index (χ0v) is 7.15. The first-order valence-electron chi connectivity index (χ1n) is 1.30. The van der Waals surface area contributed by atoms with Crippen molar-refractivity contribution in [2.24, 2.45) is 0 Å². The van der Waals surface area contributed by atoms with Gasteiger partial charge in [-0.15, -0.1) is 0 Å². The van der Waals surface area contributed by atoms with Gasteiger partial charge in [0, 0.05) is 32.7 Å². The largest absolute Gasteiger partial charge is 0.428 e. The van der Waals surface area contributed by atoms with Gasteiger partial charge in [-0.25, -0.2) is 0 Å². The molecule has 6 heavy (non-hydrogen) atoms. The van der Waals surface area contributed by atoms with E-state index in [9.17, 15) is 0 Å². The predicted molar refractivity (Wildman–Crippen MR) is 23.5 cm³/mol. The molecule has 0 aliphatic carbocycles. The Morgan fingerprint density at radius 2 is 1.83 bits per heavy atom. The third-order valence-corrected chi connectivity index (χ3v) is 0.183. The Bertz CT molecular complexity index is 9.51. The van der Waals surface area contributed by atoms with E-state index in [0.717, 1.165) is 0 Å². The fourth-order valence-electron chi connectivity index (χ4n) is 0. The molecule has 37 valence electrons. The van der Waals surface area contributed by atoms with Gasteiger partial charge in [0.1, 0.15) is 0 Å². The molecule has 0 heterocycles. The molecular formula is C4H10OY-2. The Kier molecular flexibility index (Phi) is 43.4. The summed E-state index contributed by atoms with van der Waals surface area (Å²) in [5, 5.41) is 7.82. The average Bonchev–Trinajstić information content (AvgIpc) is 1.37. The molecule has 2 heteroatoms. The second-order valence-corrected chi connectivity index (χ2v) is 0.591. The molecule has 0 aliphatic rings. The van der Waals surface area contributed by atoms with Crippen molar-refractivity contribution in [1.29, 1.82) is 0 Å². The molecule has 0 aromatic carbocycles. The zero-order chi connectivity index (χ0) is 3.41. The van der Waals surface area contributed by atoms with Crippen molar-refractivity contribution in [3.05, 3.63) is 13.8 Å². The predicted octanol–water partition coefficient (Wildman–Crippen LogP) is 0.651. The molecule has 1 N–H and O–H groups in total. The van der Waals surface area contributed by atoms with Gasteiger partial charge >= 0.3 is 0 Å². The quantitative estimate of drug-likeness (QED) is 0.562. The monoisotopic (exact) mass is 163 g/mol. The van der Waals surface area contributed by atoms with Crippen molar-refractivity contribution in [2.75, 3.05) is 6.61 Å². The molecule has 0 bridgehead atoms. The molecule has 0 aromatic rings. The second-order valence-electron chi connectivity index (χ2n) is 0.591. The van der Waals surface area contributed by atoms with Gasteiger partial charge in [-0.3, -0.25) is 0 Å². The summed E-state index contributed by atoms with van der Waals surface area (Å²) in [5.74, 6) is 0. The van der Waals surface area contributed by atoms with Gasteiger partial charge in [0.2, 0.25) is 0 Å². The van der Waals surface area contributed by atoms with Crippen molar-refractivity contribution in [3.8, 4) is 0 Å². The standard InChI is InChI=1S/C3H7O.CH3.Y/c1-2-3-4;;/h2,4H,3H2,1H3;1H3;/q2*-1;. The summed E-state index contributed by atoms with van der Waals surface area (Å²) >= 11 is 0. The summed E-state index contributed by atoms with van der Waals surface area (Å²) in [5.41, 5.74) is 0. The molecule has 0 atom stereocenters. The fourth-order valence-corrected chi connectivity index (χ4v) is 0. The minimum atomic E-state index is 0. The molecule has 0 fully saturated rings. The van der Waals surface area contributed by atoms with E-state index in [1.54, 1.807) is 13.3 Å². The second kappa shape index (κ2) is 16.6. The summed E-state index contributed by atoms with van der Waals surface area (Å²) in [6.07, 6.45) is 1.68. The van der Waals surface area contributed by atoms with Crippen molar-refractivity contribution in [2.45, 2.75) is 6.92 Å². The normalized spacial score (nSPS) is 5.00. The summed E-state index contributed by atoms with van der Waals surface area (Å²) in [6.45, 7) is 2.00. The molecule has 0 unspecified atom stereocenters. The summed E-state index contributed by atoms with van der Waals surface area (Å²) in [7, 11) is 0.